The first kappa shape index (κ1) is 19.9. The van der Waals surface area contributed by atoms with Crippen molar-refractivity contribution in [3.63, 3.8) is 0 Å². The highest BCUT2D eigenvalue weighted by atomic mass is 32.2. The van der Waals surface area contributed by atoms with Crippen LogP contribution in [0.2, 0.25) is 0 Å². The Morgan fingerprint density at radius 1 is 1.25 bits per heavy atom. The van der Waals surface area contributed by atoms with Crippen molar-refractivity contribution in [3.8, 4) is 5.75 Å². The van der Waals surface area contributed by atoms with Crippen LogP contribution in [0.5, 0.6) is 5.75 Å². The summed E-state index contributed by atoms with van der Waals surface area (Å²) >= 11 is 0. The normalized spacial score (nSPS) is 12.8. The number of nitrogens with one attached hydrogen (secondary N) is 1. The number of carbonyl (C=O) groups excluding carboxylic acids is 1. The molecule has 0 fully saturated rings. The van der Waals surface area contributed by atoms with Crippen LogP contribution in [-0.4, -0.2) is 57.5 Å². The van der Waals surface area contributed by atoms with E-state index in [-0.39, 0.29) is 16.2 Å². The Bertz CT molecular complexity index is 727. The number of hydrogen-bond acceptors (Lipinski definition) is 5. The van der Waals surface area contributed by atoms with E-state index in [2.05, 4.69) is 4.72 Å². The molecule has 0 radical (unpaired) electrons. The monoisotopic (exact) mass is 358 g/mol. The predicted molar refractivity (Wildman–Crippen MR) is 87.6 cm³/mol. The van der Waals surface area contributed by atoms with Gasteiger partial charge in [0, 0.05) is 14.1 Å². The maximum absolute atomic E-state index is 12.5. The van der Waals surface area contributed by atoms with Gasteiger partial charge in [-0.2, -0.15) is 4.72 Å². The predicted octanol–water partition coefficient (Wildman–Crippen LogP) is 0.784. The second-order valence-electron chi connectivity index (χ2n) is 5.74. The van der Waals surface area contributed by atoms with Crippen LogP contribution in [-0.2, 0) is 14.8 Å². The highest BCUT2D eigenvalue weighted by Gasteiger charge is 2.29. The van der Waals surface area contributed by atoms with Crippen LogP contribution in [0, 0.1) is 5.92 Å². The molecule has 0 saturated heterocycles. The molecule has 0 aromatic heterocycles. The zero-order valence-electron chi connectivity index (χ0n) is 14.2. The van der Waals surface area contributed by atoms with Crippen LogP contribution < -0.4 is 9.46 Å². The number of rotatable bonds is 7. The quantitative estimate of drug-likeness (QED) is 0.745. The number of nitrogens with zero attached hydrogens (tertiary/aromatic N) is 1. The zero-order chi connectivity index (χ0) is 18.7. The first-order chi connectivity index (χ1) is 11.0. The van der Waals surface area contributed by atoms with Gasteiger partial charge in [0.25, 0.3) is 5.91 Å². The first-order valence-electron chi connectivity index (χ1n) is 7.16. The minimum absolute atomic E-state index is 0.0711. The highest BCUT2D eigenvalue weighted by molar-refractivity contribution is 7.89. The van der Waals surface area contributed by atoms with Crippen molar-refractivity contribution in [1.29, 1.82) is 0 Å². The summed E-state index contributed by atoms with van der Waals surface area (Å²) in [6.07, 6.45) is 0. The molecule has 0 unspecified atom stereocenters. The van der Waals surface area contributed by atoms with Gasteiger partial charge in [-0.15, -0.1) is 0 Å². The molecule has 0 aliphatic rings. The summed E-state index contributed by atoms with van der Waals surface area (Å²) in [5.41, 5.74) is 0.0711. The Balaban J connectivity index is 3.33. The van der Waals surface area contributed by atoms with E-state index >= 15 is 0 Å². The van der Waals surface area contributed by atoms with Gasteiger partial charge < -0.3 is 14.7 Å². The Morgan fingerprint density at radius 3 is 2.25 bits per heavy atom. The van der Waals surface area contributed by atoms with Gasteiger partial charge in [0.2, 0.25) is 10.0 Å². The molecule has 134 valence electrons. The molecule has 1 atom stereocenters. The molecule has 1 aromatic carbocycles. The molecule has 0 spiro atoms. The Hall–Kier alpha value is -2.13. The largest absolute Gasteiger partial charge is 0.496 e. The molecule has 0 saturated carbocycles. The lowest BCUT2D eigenvalue weighted by atomic mass is 10.1. The maximum Gasteiger partial charge on any atom is 0.322 e. The molecule has 9 heteroatoms. The van der Waals surface area contributed by atoms with Gasteiger partial charge in [0.1, 0.15) is 11.8 Å². The van der Waals surface area contributed by atoms with Gasteiger partial charge in [-0.1, -0.05) is 13.8 Å². The van der Waals surface area contributed by atoms with E-state index in [0.717, 1.165) is 0 Å². The van der Waals surface area contributed by atoms with Crippen LogP contribution >= 0.6 is 0 Å². The van der Waals surface area contributed by atoms with E-state index < -0.39 is 33.9 Å². The van der Waals surface area contributed by atoms with Gasteiger partial charge in [-0.25, -0.2) is 8.42 Å². The minimum atomic E-state index is -4.11. The summed E-state index contributed by atoms with van der Waals surface area (Å²) in [7, 11) is 0.311. The average molecular weight is 358 g/mol. The molecule has 1 aromatic rings. The second-order valence-corrected chi connectivity index (χ2v) is 7.46. The van der Waals surface area contributed by atoms with E-state index in [9.17, 15) is 18.0 Å². The molecule has 2 N–H and O–H groups in total. The average Bonchev–Trinajstić information content (AvgIpc) is 2.50. The van der Waals surface area contributed by atoms with Crippen molar-refractivity contribution in [2.75, 3.05) is 21.2 Å². The van der Waals surface area contributed by atoms with E-state index in [1.807, 2.05) is 0 Å². The Morgan fingerprint density at radius 2 is 1.83 bits per heavy atom. The molecule has 1 amide bonds. The maximum atomic E-state index is 12.5. The SMILES string of the molecule is COc1ccc(S(=O)(=O)N[C@H](C(=O)O)C(C)C)cc1C(=O)N(C)C. The van der Waals surface area contributed by atoms with Gasteiger partial charge in [-0.05, 0) is 24.1 Å². The van der Waals surface area contributed by atoms with Crippen LogP contribution in [0.25, 0.3) is 0 Å². The fourth-order valence-electron chi connectivity index (χ4n) is 1.97. The number of benzene rings is 1. The van der Waals surface area contributed by atoms with Crippen molar-refractivity contribution in [2.24, 2.45) is 5.92 Å². The third-order valence-electron chi connectivity index (χ3n) is 3.33. The number of amides is 1. The first-order valence-corrected chi connectivity index (χ1v) is 8.64. The number of methoxy groups -OCH3 is 1. The number of carboxylic acids is 1. The third kappa shape index (κ3) is 4.45. The summed E-state index contributed by atoms with van der Waals surface area (Å²) in [4.78, 5) is 24.5. The highest BCUT2D eigenvalue weighted by Crippen LogP contribution is 2.24. The molecular formula is C15H22N2O6S. The summed E-state index contributed by atoms with van der Waals surface area (Å²) in [5, 5.41) is 9.14. The minimum Gasteiger partial charge on any atom is -0.496 e. The lowest BCUT2D eigenvalue weighted by molar-refractivity contribution is -0.140. The number of ether oxygens (including phenoxy) is 1. The Labute approximate surface area is 141 Å². The van der Waals surface area contributed by atoms with E-state index in [0.29, 0.717) is 0 Å². The van der Waals surface area contributed by atoms with Crippen LogP contribution in [0.4, 0.5) is 0 Å². The van der Waals surface area contributed by atoms with Gasteiger partial charge >= 0.3 is 5.97 Å². The number of hydrogen-bond donors (Lipinski definition) is 2. The van der Waals surface area contributed by atoms with Gasteiger partial charge in [0.15, 0.2) is 0 Å². The van der Waals surface area contributed by atoms with Crippen molar-refractivity contribution in [2.45, 2.75) is 24.8 Å². The fraction of sp³-hybridized carbons (Fsp3) is 0.467. The fourth-order valence-corrected chi connectivity index (χ4v) is 3.33. The van der Waals surface area contributed by atoms with Gasteiger partial charge in [0.05, 0.1) is 17.6 Å². The van der Waals surface area contributed by atoms with E-state index in [1.54, 1.807) is 13.8 Å². The molecule has 24 heavy (non-hydrogen) atoms. The molecule has 8 nitrogen and oxygen atoms in total. The van der Waals surface area contributed by atoms with Crippen LogP contribution in [0.3, 0.4) is 0 Å². The topological polar surface area (TPSA) is 113 Å². The standard InChI is InChI=1S/C15H22N2O6S/c1-9(2)13(15(19)20)16-24(21,22)10-6-7-12(23-5)11(8-10)14(18)17(3)4/h6-9,13,16H,1-5H3,(H,19,20)/t13-/m0/s1. The molecule has 0 aliphatic heterocycles. The Kier molecular flexibility index (Phi) is 6.33. The van der Waals surface area contributed by atoms with Crippen LogP contribution in [0.15, 0.2) is 23.1 Å². The second kappa shape index (κ2) is 7.63. The summed E-state index contributed by atoms with van der Waals surface area (Å²) in [5.74, 6) is -1.92. The van der Waals surface area contributed by atoms with E-state index in [1.165, 1.54) is 44.3 Å². The summed E-state index contributed by atoms with van der Waals surface area (Å²) < 4.78 is 32.1. The van der Waals surface area contributed by atoms with Crippen molar-refractivity contribution < 1.29 is 27.9 Å². The smallest absolute Gasteiger partial charge is 0.322 e. The van der Waals surface area contributed by atoms with Crippen molar-refractivity contribution in [1.82, 2.24) is 9.62 Å². The number of sulfonamides is 1. The van der Waals surface area contributed by atoms with Gasteiger partial charge in [-0.3, -0.25) is 9.59 Å². The van der Waals surface area contributed by atoms with Crippen molar-refractivity contribution >= 4 is 21.9 Å². The lowest BCUT2D eigenvalue weighted by Crippen LogP contribution is -2.44. The van der Waals surface area contributed by atoms with Crippen LogP contribution in [0.1, 0.15) is 24.2 Å². The zero-order valence-corrected chi connectivity index (χ0v) is 15.0. The lowest BCUT2D eigenvalue weighted by Gasteiger charge is -2.19. The number of carbonyl (C=O) groups is 2. The molecule has 1 rings (SSSR count). The summed E-state index contributed by atoms with van der Waals surface area (Å²) in [6, 6.07) is 2.51. The number of carboxylic acid groups (broad SMARTS) is 1. The molecule has 0 bridgehead atoms. The number of aliphatic carboxylic acids is 1. The molecule has 0 heterocycles. The molecule has 0 aliphatic carbocycles. The third-order valence-corrected chi connectivity index (χ3v) is 4.77. The summed E-state index contributed by atoms with van der Waals surface area (Å²) in [6.45, 7) is 3.19. The van der Waals surface area contributed by atoms with Crippen molar-refractivity contribution in [3.05, 3.63) is 23.8 Å². The molecular weight excluding hydrogens is 336 g/mol. The van der Waals surface area contributed by atoms with E-state index in [4.69, 9.17) is 9.84 Å².